The van der Waals surface area contributed by atoms with E-state index < -0.39 is 24.7 Å². The number of alkyl halides is 3. The Bertz CT molecular complexity index is 857. The molecule has 2 heterocycles. The van der Waals surface area contributed by atoms with Gasteiger partial charge in [0.25, 0.3) is 5.91 Å². The maximum absolute atomic E-state index is 12.9. The molecule has 0 N–H and O–H groups in total. The van der Waals surface area contributed by atoms with Gasteiger partial charge in [-0.3, -0.25) is 9.59 Å². The van der Waals surface area contributed by atoms with Crippen LogP contribution in [0.2, 0.25) is 0 Å². The Balaban J connectivity index is 1.70. The average Bonchev–Trinajstić information content (AvgIpc) is 3.09. The molecule has 3 rings (SSSR count). The summed E-state index contributed by atoms with van der Waals surface area (Å²) in [7, 11) is 0. The molecule has 9 heteroatoms. The molecule has 0 spiro atoms. The van der Waals surface area contributed by atoms with E-state index in [-0.39, 0.29) is 17.4 Å². The largest absolute Gasteiger partial charge is 0.468 e. The zero-order valence-corrected chi connectivity index (χ0v) is 15.7. The number of benzene rings is 1. The van der Waals surface area contributed by atoms with Gasteiger partial charge in [0.1, 0.15) is 6.04 Å². The summed E-state index contributed by atoms with van der Waals surface area (Å²) in [5.74, 6) is -0.797. The van der Waals surface area contributed by atoms with Gasteiger partial charge in [0, 0.05) is 31.0 Å². The van der Waals surface area contributed by atoms with Gasteiger partial charge in [-0.15, -0.1) is 0 Å². The molecule has 1 aromatic heterocycles. The van der Waals surface area contributed by atoms with E-state index >= 15 is 0 Å². The van der Waals surface area contributed by atoms with E-state index in [9.17, 15) is 22.8 Å². The third-order valence-electron chi connectivity index (χ3n) is 4.59. The Morgan fingerprint density at radius 3 is 2.55 bits per heavy atom. The monoisotopic (exact) mass is 407 g/mol. The van der Waals surface area contributed by atoms with Crippen molar-refractivity contribution in [2.45, 2.75) is 25.6 Å². The van der Waals surface area contributed by atoms with Gasteiger partial charge in [0.05, 0.1) is 5.56 Å². The zero-order chi connectivity index (χ0) is 21.0. The highest BCUT2D eigenvalue weighted by Crippen LogP contribution is 2.25. The summed E-state index contributed by atoms with van der Waals surface area (Å²) in [4.78, 5) is 32.6. The van der Waals surface area contributed by atoms with E-state index in [0.717, 1.165) is 11.9 Å². The highest BCUT2D eigenvalue weighted by molar-refractivity contribution is 6.03. The molecule has 29 heavy (non-hydrogen) atoms. The van der Waals surface area contributed by atoms with Gasteiger partial charge in [0.2, 0.25) is 11.8 Å². The fourth-order valence-corrected chi connectivity index (χ4v) is 3.24. The summed E-state index contributed by atoms with van der Waals surface area (Å²) < 4.78 is 41.2. The van der Waals surface area contributed by atoms with Crippen LogP contribution >= 0.6 is 0 Å². The van der Waals surface area contributed by atoms with Crippen LogP contribution in [0.5, 0.6) is 5.88 Å². The number of anilines is 1. The molecule has 1 aliphatic rings. The van der Waals surface area contributed by atoms with Crippen LogP contribution in [-0.2, 0) is 4.79 Å². The molecule has 2 amide bonds. The van der Waals surface area contributed by atoms with Gasteiger partial charge in [-0.05, 0) is 31.5 Å². The van der Waals surface area contributed by atoms with Gasteiger partial charge < -0.3 is 14.5 Å². The summed E-state index contributed by atoms with van der Waals surface area (Å²) in [5.41, 5.74) is 0.952. The van der Waals surface area contributed by atoms with Crippen molar-refractivity contribution in [1.82, 2.24) is 9.88 Å². The number of carbonyl (C=O) groups excluding carboxylic acids is 2. The summed E-state index contributed by atoms with van der Waals surface area (Å²) in [5, 5.41) is 0. The first-order chi connectivity index (χ1) is 13.8. The molecule has 0 radical (unpaired) electrons. The number of pyridine rings is 1. The Hall–Kier alpha value is -3.10. The average molecular weight is 407 g/mol. The van der Waals surface area contributed by atoms with Crippen LogP contribution in [0.1, 0.15) is 23.7 Å². The van der Waals surface area contributed by atoms with Crippen molar-refractivity contribution in [2.75, 3.05) is 24.6 Å². The first-order valence-corrected chi connectivity index (χ1v) is 9.13. The van der Waals surface area contributed by atoms with Crippen molar-refractivity contribution in [1.29, 1.82) is 0 Å². The quantitative estimate of drug-likeness (QED) is 0.737. The Morgan fingerprint density at radius 1 is 1.24 bits per heavy atom. The lowest BCUT2D eigenvalue weighted by Crippen LogP contribution is -2.45. The van der Waals surface area contributed by atoms with E-state index in [1.165, 1.54) is 17.0 Å². The molecule has 1 saturated heterocycles. The van der Waals surface area contributed by atoms with Gasteiger partial charge in [-0.1, -0.05) is 18.2 Å². The second-order valence-electron chi connectivity index (χ2n) is 6.51. The van der Waals surface area contributed by atoms with Crippen molar-refractivity contribution in [2.24, 2.45) is 0 Å². The minimum absolute atomic E-state index is 0.163. The van der Waals surface area contributed by atoms with Crippen LogP contribution < -0.4 is 9.64 Å². The van der Waals surface area contributed by atoms with E-state index in [2.05, 4.69) is 9.72 Å². The number of ether oxygens (including phenoxy) is 1. The molecule has 0 unspecified atom stereocenters. The van der Waals surface area contributed by atoms with Crippen molar-refractivity contribution in [3.63, 3.8) is 0 Å². The number of amides is 2. The predicted molar refractivity (Wildman–Crippen MR) is 99.7 cm³/mol. The first kappa shape index (κ1) is 20.6. The molecule has 6 nitrogen and oxygen atoms in total. The topological polar surface area (TPSA) is 62.7 Å². The predicted octanol–water partition coefficient (Wildman–Crippen LogP) is 3.29. The van der Waals surface area contributed by atoms with E-state index in [4.69, 9.17) is 0 Å². The van der Waals surface area contributed by atoms with Crippen LogP contribution in [0.25, 0.3) is 0 Å². The first-order valence-electron chi connectivity index (χ1n) is 9.13. The Morgan fingerprint density at radius 2 is 1.97 bits per heavy atom. The molecule has 1 aliphatic heterocycles. The second kappa shape index (κ2) is 8.50. The van der Waals surface area contributed by atoms with Crippen molar-refractivity contribution >= 4 is 17.5 Å². The second-order valence-corrected chi connectivity index (χ2v) is 6.51. The van der Waals surface area contributed by atoms with Crippen molar-refractivity contribution in [3.8, 4) is 5.88 Å². The Labute approximate surface area is 165 Å². The molecule has 154 valence electrons. The number of halogens is 3. The van der Waals surface area contributed by atoms with Crippen molar-refractivity contribution in [3.05, 3.63) is 54.2 Å². The number of rotatable bonds is 6. The highest BCUT2D eigenvalue weighted by Gasteiger charge is 2.38. The summed E-state index contributed by atoms with van der Waals surface area (Å²) >= 11 is 0. The number of aromatic nitrogens is 1. The molecule has 1 atom stereocenters. The van der Waals surface area contributed by atoms with Gasteiger partial charge in [0.15, 0.2) is 6.61 Å². The number of carbonyl (C=O) groups is 2. The summed E-state index contributed by atoms with van der Waals surface area (Å²) in [6, 6.07) is 11.2. The van der Waals surface area contributed by atoms with Crippen molar-refractivity contribution < 1.29 is 27.5 Å². The maximum atomic E-state index is 12.9. The van der Waals surface area contributed by atoms with Gasteiger partial charge >= 0.3 is 6.18 Å². The maximum Gasteiger partial charge on any atom is 0.422 e. The normalized spacial score (nSPS) is 16.8. The lowest BCUT2D eigenvalue weighted by atomic mass is 10.1. The highest BCUT2D eigenvalue weighted by atomic mass is 19.4. The van der Waals surface area contributed by atoms with Crippen LogP contribution in [0.15, 0.2) is 48.7 Å². The molecule has 2 aromatic rings. The molecular weight excluding hydrogens is 387 g/mol. The molecular formula is C20H20F3N3O3. The smallest absolute Gasteiger partial charge is 0.422 e. The van der Waals surface area contributed by atoms with E-state index in [0.29, 0.717) is 19.5 Å². The van der Waals surface area contributed by atoms with Crippen LogP contribution in [-0.4, -0.2) is 53.6 Å². The lowest BCUT2D eigenvalue weighted by molar-refractivity contribution is -0.154. The number of nitrogens with zero attached hydrogens (tertiary/aromatic N) is 3. The summed E-state index contributed by atoms with van der Waals surface area (Å²) in [6.45, 7) is 1.12. The molecule has 1 aromatic carbocycles. The summed E-state index contributed by atoms with van der Waals surface area (Å²) in [6.07, 6.45) is -2.82. The lowest BCUT2D eigenvalue weighted by Gasteiger charge is -2.27. The minimum atomic E-state index is -4.47. The number of hydrogen-bond acceptors (Lipinski definition) is 4. The number of para-hydroxylation sites is 1. The standard InChI is InChI=1S/C20H20F3N3O3/c1-2-25(16-10-11-26(19(16)28)15-6-4-3-5-7-15)18(27)14-8-9-17(24-12-14)29-13-20(21,22)23/h3-9,12,16H,2,10-11,13H2,1H3/t16-/m1/s1. The SMILES string of the molecule is CCN(C(=O)c1ccc(OCC(F)(F)F)nc1)[C@@H]1CCN(c2ccccc2)C1=O. The fourth-order valence-electron chi connectivity index (χ4n) is 3.24. The van der Waals surface area contributed by atoms with Gasteiger partial charge in [-0.2, -0.15) is 13.2 Å². The molecule has 0 aliphatic carbocycles. The zero-order valence-electron chi connectivity index (χ0n) is 15.7. The van der Waals surface area contributed by atoms with Crippen LogP contribution in [0.3, 0.4) is 0 Å². The number of hydrogen-bond donors (Lipinski definition) is 0. The van der Waals surface area contributed by atoms with Crippen LogP contribution in [0, 0.1) is 0 Å². The van der Waals surface area contributed by atoms with Gasteiger partial charge in [-0.25, -0.2) is 4.98 Å². The number of likely N-dealkylation sites (N-methyl/N-ethyl adjacent to an activating group) is 1. The molecule has 0 bridgehead atoms. The fraction of sp³-hybridized carbons (Fsp3) is 0.350. The Kier molecular flexibility index (Phi) is 6.05. The third-order valence-corrected chi connectivity index (χ3v) is 4.59. The van der Waals surface area contributed by atoms with Crippen LogP contribution in [0.4, 0.5) is 18.9 Å². The van der Waals surface area contributed by atoms with E-state index in [1.807, 2.05) is 30.3 Å². The van der Waals surface area contributed by atoms with E-state index in [1.54, 1.807) is 11.8 Å². The molecule has 0 saturated carbocycles. The third kappa shape index (κ3) is 4.85. The molecule has 1 fully saturated rings. The minimum Gasteiger partial charge on any atom is -0.468 e.